The van der Waals surface area contributed by atoms with Crippen molar-refractivity contribution in [3.63, 3.8) is 0 Å². The first kappa shape index (κ1) is 33.1. The summed E-state index contributed by atoms with van der Waals surface area (Å²) in [6, 6.07) is 20.6. The van der Waals surface area contributed by atoms with Gasteiger partial charge in [0, 0.05) is 28.6 Å². The van der Waals surface area contributed by atoms with Crippen LogP contribution in [-0.2, 0) is 16.0 Å². The fraction of sp³-hybridized carbons (Fsp3) is 0.278. The predicted octanol–water partition coefficient (Wildman–Crippen LogP) is 6.54. The van der Waals surface area contributed by atoms with Crippen molar-refractivity contribution in [1.82, 2.24) is 4.57 Å². The van der Waals surface area contributed by atoms with Gasteiger partial charge in [0.05, 0.1) is 18.6 Å². The van der Waals surface area contributed by atoms with Crippen LogP contribution in [-0.4, -0.2) is 45.5 Å². The normalized spacial score (nSPS) is 12.4. The quantitative estimate of drug-likeness (QED) is 0.117. The van der Waals surface area contributed by atoms with Gasteiger partial charge < -0.3 is 24.8 Å². The maximum Gasteiger partial charge on any atom is 0.309 e. The Hall–Kier alpha value is -4.78. The number of nitrogens with one attached hydrogen (secondary N) is 1. The molecule has 2 atom stereocenters. The first-order valence-corrected chi connectivity index (χ1v) is 14.7. The molecule has 4 aromatic rings. The third-order valence-electron chi connectivity index (χ3n) is 7.31. The summed E-state index contributed by atoms with van der Waals surface area (Å²) in [6.07, 6.45) is 3.04. The first-order chi connectivity index (χ1) is 21.6. The highest BCUT2D eigenvalue weighted by atomic mass is 19.1. The standard InChI is InChI=1S/C36H36F2N2O5/c1-4-20-45-32(43)22-30(42)21-29(41)18-19-31-33(25-10-12-26(37)13-11-25)34(24-8-6-5-7-9-24)35(40(31)23(2)3)36(44)39-28-16-14-27(38)15-17-28/h1,5-17,23,29-30,41-42H,18-22H2,2-3H3,(H,39,44)/t29?,30-/m1/s1. The van der Waals surface area contributed by atoms with E-state index in [1.165, 1.54) is 36.4 Å². The van der Waals surface area contributed by atoms with Gasteiger partial charge in [-0.05, 0) is 80.6 Å². The van der Waals surface area contributed by atoms with Gasteiger partial charge in [-0.1, -0.05) is 48.4 Å². The fourth-order valence-corrected chi connectivity index (χ4v) is 5.41. The van der Waals surface area contributed by atoms with Crippen molar-refractivity contribution in [2.75, 3.05) is 11.9 Å². The lowest BCUT2D eigenvalue weighted by Crippen LogP contribution is -2.23. The molecule has 1 amide bonds. The summed E-state index contributed by atoms with van der Waals surface area (Å²) in [5.41, 5.74) is 4.23. The van der Waals surface area contributed by atoms with Gasteiger partial charge in [-0.15, -0.1) is 6.42 Å². The molecule has 0 bridgehead atoms. The van der Waals surface area contributed by atoms with Crippen LogP contribution in [0, 0.1) is 24.0 Å². The number of benzene rings is 3. The zero-order chi connectivity index (χ0) is 32.5. The predicted molar refractivity (Wildman–Crippen MR) is 169 cm³/mol. The van der Waals surface area contributed by atoms with Crippen LogP contribution in [0.5, 0.6) is 0 Å². The van der Waals surface area contributed by atoms with E-state index in [1.54, 1.807) is 12.1 Å². The van der Waals surface area contributed by atoms with E-state index < -0.39 is 35.7 Å². The number of carbonyl (C=O) groups excluding carboxylic acids is 2. The molecule has 0 saturated heterocycles. The highest BCUT2D eigenvalue weighted by Gasteiger charge is 2.30. The SMILES string of the molecule is C#CCOC(=O)C[C@H](O)CC(O)CCc1c(-c2ccc(F)cc2)c(-c2ccccc2)c(C(=O)Nc2ccc(F)cc2)n1C(C)C. The number of carbonyl (C=O) groups is 2. The van der Waals surface area contributed by atoms with Crippen LogP contribution in [0.3, 0.4) is 0 Å². The van der Waals surface area contributed by atoms with Crippen molar-refractivity contribution in [3.05, 3.63) is 102 Å². The maximum absolute atomic E-state index is 14.1. The van der Waals surface area contributed by atoms with E-state index in [9.17, 15) is 28.6 Å². The monoisotopic (exact) mass is 614 g/mol. The van der Waals surface area contributed by atoms with Gasteiger partial charge in [-0.25, -0.2) is 8.78 Å². The number of halogens is 2. The third kappa shape index (κ3) is 8.44. The number of terminal acetylenes is 1. The Kier molecular flexibility index (Phi) is 11.3. The second-order valence-electron chi connectivity index (χ2n) is 11.0. The number of esters is 1. The maximum atomic E-state index is 14.1. The molecule has 0 spiro atoms. The van der Waals surface area contributed by atoms with E-state index in [0.29, 0.717) is 28.1 Å². The van der Waals surface area contributed by atoms with Gasteiger partial charge in [-0.2, -0.15) is 0 Å². The van der Waals surface area contributed by atoms with Crippen LogP contribution >= 0.6 is 0 Å². The van der Waals surface area contributed by atoms with Crippen molar-refractivity contribution < 1.29 is 33.3 Å². The van der Waals surface area contributed by atoms with Crippen LogP contribution in [0.15, 0.2) is 78.9 Å². The third-order valence-corrected chi connectivity index (χ3v) is 7.31. The van der Waals surface area contributed by atoms with E-state index in [2.05, 4.69) is 11.2 Å². The molecular weight excluding hydrogens is 578 g/mol. The molecule has 4 rings (SSSR count). The van der Waals surface area contributed by atoms with Crippen molar-refractivity contribution in [2.24, 2.45) is 0 Å². The molecule has 45 heavy (non-hydrogen) atoms. The molecule has 0 aliphatic heterocycles. The Morgan fingerprint density at radius 2 is 1.49 bits per heavy atom. The molecule has 1 heterocycles. The summed E-state index contributed by atoms with van der Waals surface area (Å²) in [5, 5.41) is 24.2. The van der Waals surface area contributed by atoms with Gasteiger partial charge in [0.1, 0.15) is 17.3 Å². The van der Waals surface area contributed by atoms with Crippen LogP contribution in [0.2, 0.25) is 0 Å². The highest BCUT2D eigenvalue weighted by molar-refractivity contribution is 6.11. The van der Waals surface area contributed by atoms with Crippen molar-refractivity contribution in [1.29, 1.82) is 0 Å². The number of aliphatic hydroxyl groups is 2. The average Bonchev–Trinajstić information content (AvgIpc) is 3.36. The molecule has 7 nitrogen and oxygen atoms in total. The molecule has 3 aromatic carbocycles. The van der Waals surface area contributed by atoms with E-state index >= 15 is 0 Å². The topological polar surface area (TPSA) is 101 Å². The van der Waals surface area contributed by atoms with Gasteiger partial charge >= 0.3 is 5.97 Å². The molecule has 0 saturated carbocycles. The molecule has 234 valence electrons. The number of nitrogens with zero attached hydrogens (tertiary/aromatic N) is 1. The number of amides is 1. The minimum absolute atomic E-state index is 0.0805. The lowest BCUT2D eigenvalue weighted by atomic mass is 9.92. The molecular formula is C36H36F2N2O5. The highest BCUT2D eigenvalue weighted by Crippen LogP contribution is 2.43. The number of aliphatic hydroxyl groups excluding tert-OH is 2. The van der Waals surface area contributed by atoms with Crippen molar-refractivity contribution >= 4 is 17.6 Å². The van der Waals surface area contributed by atoms with Gasteiger partial charge in [0.15, 0.2) is 6.61 Å². The Labute approximate surface area is 261 Å². The zero-order valence-corrected chi connectivity index (χ0v) is 25.2. The number of aromatic nitrogens is 1. The van der Waals surface area contributed by atoms with Crippen LogP contribution in [0.25, 0.3) is 22.3 Å². The van der Waals surface area contributed by atoms with Gasteiger partial charge in [0.25, 0.3) is 5.91 Å². The van der Waals surface area contributed by atoms with Gasteiger partial charge in [-0.3, -0.25) is 9.59 Å². The van der Waals surface area contributed by atoms with Crippen LogP contribution in [0.4, 0.5) is 14.5 Å². The first-order valence-electron chi connectivity index (χ1n) is 14.7. The van der Waals surface area contributed by atoms with Crippen molar-refractivity contribution in [3.8, 4) is 34.6 Å². The smallest absolute Gasteiger partial charge is 0.309 e. The summed E-state index contributed by atoms with van der Waals surface area (Å²) < 4.78 is 34.4. The molecule has 0 aliphatic carbocycles. The zero-order valence-electron chi connectivity index (χ0n) is 25.2. The molecule has 1 unspecified atom stereocenters. The largest absolute Gasteiger partial charge is 0.452 e. The lowest BCUT2D eigenvalue weighted by molar-refractivity contribution is -0.144. The Morgan fingerprint density at radius 3 is 2.09 bits per heavy atom. The number of rotatable bonds is 13. The van der Waals surface area contributed by atoms with Gasteiger partial charge in [0.2, 0.25) is 0 Å². The molecule has 0 fully saturated rings. The Bertz CT molecular complexity index is 1640. The molecule has 1 aromatic heterocycles. The number of ether oxygens (including phenoxy) is 1. The van der Waals surface area contributed by atoms with Crippen molar-refractivity contribution in [2.45, 2.75) is 57.8 Å². The molecule has 0 aliphatic rings. The lowest BCUT2D eigenvalue weighted by Gasteiger charge is -2.20. The fourth-order valence-electron chi connectivity index (χ4n) is 5.41. The van der Waals surface area contributed by atoms with E-state index in [0.717, 1.165) is 11.3 Å². The summed E-state index contributed by atoms with van der Waals surface area (Å²) in [7, 11) is 0. The van der Waals surface area contributed by atoms with Crippen LogP contribution in [0.1, 0.15) is 55.3 Å². The summed E-state index contributed by atoms with van der Waals surface area (Å²) >= 11 is 0. The Balaban J connectivity index is 1.80. The molecule has 3 N–H and O–H groups in total. The number of hydrogen-bond donors (Lipinski definition) is 3. The Morgan fingerprint density at radius 1 is 0.889 bits per heavy atom. The molecule has 0 radical (unpaired) electrons. The number of anilines is 1. The minimum Gasteiger partial charge on any atom is -0.452 e. The number of hydrogen-bond acceptors (Lipinski definition) is 5. The molecule has 9 heteroatoms. The average molecular weight is 615 g/mol. The van der Waals surface area contributed by atoms with E-state index in [4.69, 9.17) is 11.2 Å². The minimum atomic E-state index is -1.14. The second-order valence-corrected chi connectivity index (χ2v) is 11.0. The van der Waals surface area contributed by atoms with Crippen LogP contribution < -0.4 is 5.32 Å². The van der Waals surface area contributed by atoms with E-state index in [1.807, 2.05) is 48.7 Å². The van der Waals surface area contributed by atoms with E-state index in [-0.39, 0.29) is 38.3 Å². The summed E-state index contributed by atoms with van der Waals surface area (Å²) in [5.74, 6) is 0.254. The summed E-state index contributed by atoms with van der Waals surface area (Å²) in [4.78, 5) is 26.0. The second kappa shape index (κ2) is 15.3. The summed E-state index contributed by atoms with van der Waals surface area (Å²) in [6.45, 7) is 3.67.